The van der Waals surface area contributed by atoms with Crippen LogP contribution >= 0.6 is 15.9 Å². The van der Waals surface area contributed by atoms with Gasteiger partial charge in [0.15, 0.2) is 0 Å². The molecule has 0 saturated carbocycles. The summed E-state index contributed by atoms with van der Waals surface area (Å²) in [4.78, 5) is 12.4. The molecule has 0 spiro atoms. The fraction of sp³-hybridized carbons (Fsp3) is 0.278. The van der Waals surface area contributed by atoms with Crippen molar-refractivity contribution >= 4 is 27.5 Å². The predicted molar refractivity (Wildman–Crippen MR) is 93.8 cm³/mol. The van der Waals surface area contributed by atoms with E-state index in [0.29, 0.717) is 17.0 Å². The Morgan fingerprint density at radius 3 is 2.27 bits per heavy atom. The number of methoxy groups -OCH3 is 1. The van der Waals surface area contributed by atoms with E-state index in [-0.39, 0.29) is 11.3 Å². The Kier molecular flexibility index (Phi) is 4.91. The lowest BCUT2D eigenvalue weighted by molar-refractivity contribution is 0.102. The van der Waals surface area contributed by atoms with Crippen LogP contribution in [0.1, 0.15) is 36.7 Å². The summed E-state index contributed by atoms with van der Waals surface area (Å²) in [6.07, 6.45) is 0. The first-order valence-electron chi connectivity index (χ1n) is 7.06. The van der Waals surface area contributed by atoms with Crippen LogP contribution in [-0.2, 0) is 5.41 Å². The van der Waals surface area contributed by atoms with E-state index in [2.05, 4.69) is 42.0 Å². The minimum Gasteiger partial charge on any atom is -0.495 e. The highest BCUT2D eigenvalue weighted by Gasteiger charge is 2.17. The quantitative estimate of drug-likeness (QED) is 0.834. The number of benzene rings is 2. The van der Waals surface area contributed by atoms with Crippen molar-refractivity contribution in [3.63, 3.8) is 0 Å². The minimum absolute atomic E-state index is 0.00333. The van der Waals surface area contributed by atoms with Crippen LogP contribution < -0.4 is 10.1 Å². The van der Waals surface area contributed by atoms with Crippen LogP contribution in [0.5, 0.6) is 5.75 Å². The second-order valence-corrected chi connectivity index (χ2v) is 7.04. The van der Waals surface area contributed by atoms with Crippen LogP contribution in [0.2, 0.25) is 0 Å². The van der Waals surface area contributed by atoms with Gasteiger partial charge in [-0.15, -0.1) is 0 Å². The van der Waals surface area contributed by atoms with E-state index >= 15 is 0 Å². The van der Waals surface area contributed by atoms with Gasteiger partial charge < -0.3 is 10.1 Å². The molecule has 0 fully saturated rings. The van der Waals surface area contributed by atoms with Crippen LogP contribution in [0.25, 0.3) is 0 Å². The highest BCUT2D eigenvalue weighted by Crippen LogP contribution is 2.31. The highest BCUT2D eigenvalue weighted by atomic mass is 79.9. The Morgan fingerprint density at radius 2 is 1.73 bits per heavy atom. The fourth-order valence-corrected chi connectivity index (χ4v) is 2.33. The summed E-state index contributed by atoms with van der Waals surface area (Å²) in [6, 6.07) is 13.1. The molecule has 0 aromatic heterocycles. The fourth-order valence-electron chi connectivity index (χ4n) is 2.07. The second-order valence-electron chi connectivity index (χ2n) is 6.13. The predicted octanol–water partition coefficient (Wildman–Crippen LogP) is 5.01. The Bertz CT molecular complexity index is 672. The maximum Gasteiger partial charge on any atom is 0.255 e. The summed E-state index contributed by atoms with van der Waals surface area (Å²) in [5, 5.41) is 2.93. The number of hydrogen-bond donors (Lipinski definition) is 1. The van der Waals surface area contributed by atoms with Gasteiger partial charge in [-0.1, -0.05) is 42.8 Å². The van der Waals surface area contributed by atoms with Gasteiger partial charge in [0.1, 0.15) is 5.75 Å². The van der Waals surface area contributed by atoms with Crippen molar-refractivity contribution in [1.29, 1.82) is 0 Å². The molecule has 4 heteroatoms. The van der Waals surface area contributed by atoms with Gasteiger partial charge in [-0.3, -0.25) is 4.79 Å². The summed E-state index contributed by atoms with van der Waals surface area (Å²) in [6.45, 7) is 6.40. The van der Waals surface area contributed by atoms with E-state index in [1.54, 1.807) is 19.2 Å². The zero-order valence-electron chi connectivity index (χ0n) is 13.2. The van der Waals surface area contributed by atoms with Crippen molar-refractivity contribution in [2.45, 2.75) is 26.2 Å². The van der Waals surface area contributed by atoms with E-state index in [0.717, 1.165) is 10.0 Å². The van der Waals surface area contributed by atoms with Crippen LogP contribution in [0.15, 0.2) is 46.9 Å². The van der Waals surface area contributed by atoms with Crippen LogP contribution in [-0.4, -0.2) is 13.0 Å². The molecule has 0 unspecified atom stereocenters. The molecule has 2 rings (SSSR count). The van der Waals surface area contributed by atoms with Crippen LogP contribution in [0, 0.1) is 0 Å². The van der Waals surface area contributed by atoms with Crippen molar-refractivity contribution in [3.8, 4) is 5.75 Å². The Morgan fingerprint density at radius 1 is 1.09 bits per heavy atom. The Labute approximate surface area is 139 Å². The SMILES string of the molecule is COc1ccc(C(C)(C)C)cc1NC(=O)c1ccc(Br)cc1. The van der Waals surface area contributed by atoms with Gasteiger partial charge in [0.2, 0.25) is 0 Å². The molecule has 2 aromatic carbocycles. The third kappa shape index (κ3) is 3.89. The number of nitrogens with one attached hydrogen (secondary N) is 1. The monoisotopic (exact) mass is 361 g/mol. The highest BCUT2D eigenvalue weighted by molar-refractivity contribution is 9.10. The number of hydrogen-bond acceptors (Lipinski definition) is 2. The van der Waals surface area contributed by atoms with Crippen molar-refractivity contribution < 1.29 is 9.53 Å². The van der Waals surface area contributed by atoms with Crippen molar-refractivity contribution in [3.05, 3.63) is 58.1 Å². The van der Waals surface area contributed by atoms with Gasteiger partial charge in [0, 0.05) is 10.0 Å². The zero-order valence-corrected chi connectivity index (χ0v) is 14.8. The molecule has 22 heavy (non-hydrogen) atoms. The lowest BCUT2D eigenvalue weighted by Gasteiger charge is -2.21. The van der Waals surface area contributed by atoms with Crippen molar-refractivity contribution in [1.82, 2.24) is 0 Å². The molecule has 0 heterocycles. The molecule has 2 aromatic rings. The van der Waals surface area contributed by atoms with Gasteiger partial charge in [-0.25, -0.2) is 0 Å². The summed E-state index contributed by atoms with van der Waals surface area (Å²) >= 11 is 3.36. The molecule has 0 bridgehead atoms. The average Bonchev–Trinajstić information content (AvgIpc) is 2.46. The Hall–Kier alpha value is -1.81. The third-order valence-corrected chi connectivity index (χ3v) is 3.95. The number of ether oxygens (including phenoxy) is 1. The van der Waals surface area contributed by atoms with Crippen LogP contribution in [0.3, 0.4) is 0 Å². The van der Waals surface area contributed by atoms with Gasteiger partial charge >= 0.3 is 0 Å². The lowest BCUT2D eigenvalue weighted by Crippen LogP contribution is -2.15. The average molecular weight is 362 g/mol. The molecular weight excluding hydrogens is 342 g/mol. The number of carbonyl (C=O) groups excluding carboxylic acids is 1. The first kappa shape index (κ1) is 16.6. The van der Waals surface area contributed by atoms with Gasteiger partial charge in [0.05, 0.1) is 12.8 Å². The van der Waals surface area contributed by atoms with Gasteiger partial charge in [0.25, 0.3) is 5.91 Å². The number of rotatable bonds is 3. The van der Waals surface area contributed by atoms with E-state index in [1.807, 2.05) is 30.3 Å². The molecule has 0 atom stereocenters. The molecule has 0 aliphatic heterocycles. The standard InChI is InChI=1S/C18H20BrNO2/c1-18(2,3)13-7-10-16(22-4)15(11-13)20-17(21)12-5-8-14(19)9-6-12/h5-11H,1-4H3,(H,20,21). The molecule has 0 radical (unpaired) electrons. The summed E-state index contributed by atoms with van der Waals surface area (Å²) in [7, 11) is 1.60. The minimum atomic E-state index is -0.156. The number of halogens is 1. The normalized spacial score (nSPS) is 11.1. The molecular formula is C18H20BrNO2. The first-order valence-corrected chi connectivity index (χ1v) is 7.86. The molecule has 1 amide bonds. The molecule has 0 aliphatic rings. The second kappa shape index (κ2) is 6.53. The van der Waals surface area contributed by atoms with Gasteiger partial charge in [-0.05, 0) is 47.4 Å². The lowest BCUT2D eigenvalue weighted by atomic mass is 9.87. The van der Waals surface area contributed by atoms with E-state index in [4.69, 9.17) is 4.74 Å². The molecule has 116 valence electrons. The van der Waals surface area contributed by atoms with E-state index in [1.165, 1.54) is 0 Å². The largest absolute Gasteiger partial charge is 0.495 e. The number of anilines is 1. The molecule has 0 aliphatic carbocycles. The summed E-state index contributed by atoms with van der Waals surface area (Å²) in [5.41, 5.74) is 2.43. The first-order chi connectivity index (χ1) is 10.3. The number of amides is 1. The van der Waals surface area contributed by atoms with E-state index < -0.39 is 0 Å². The van der Waals surface area contributed by atoms with Crippen molar-refractivity contribution in [2.24, 2.45) is 0 Å². The summed E-state index contributed by atoms with van der Waals surface area (Å²) in [5.74, 6) is 0.496. The zero-order chi connectivity index (χ0) is 16.3. The third-order valence-electron chi connectivity index (χ3n) is 3.42. The number of carbonyl (C=O) groups is 1. The topological polar surface area (TPSA) is 38.3 Å². The van der Waals surface area contributed by atoms with Crippen molar-refractivity contribution in [2.75, 3.05) is 12.4 Å². The smallest absolute Gasteiger partial charge is 0.255 e. The van der Waals surface area contributed by atoms with Crippen LogP contribution in [0.4, 0.5) is 5.69 Å². The van der Waals surface area contributed by atoms with E-state index in [9.17, 15) is 4.79 Å². The Balaban J connectivity index is 2.31. The summed E-state index contributed by atoms with van der Waals surface area (Å²) < 4.78 is 6.29. The van der Waals surface area contributed by atoms with Gasteiger partial charge in [-0.2, -0.15) is 0 Å². The molecule has 0 saturated heterocycles. The maximum atomic E-state index is 12.4. The maximum absolute atomic E-state index is 12.4. The molecule has 3 nitrogen and oxygen atoms in total. The molecule has 1 N–H and O–H groups in total.